The highest BCUT2D eigenvalue weighted by molar-refractivity contribution is 5.66. The van der Waals surface area contributed by atoms with Gasteiger partial charge in [0.15, 0.2) is 0 Å². The zero-order valence-electron chi connectivity index (χ0n) is 11.1. The zero-order chi connectivity index (χ0) is 15.9. The second-order valence-corrected chi connectivity index (χ2v) is 5.01. The van der Waals surface area contributed by atoms with Crippen LogP contribution in [-0.4, -0.2) is 6.54 Å². The molecule has 0 aromatic heterocycles. The number of anilines is 2. The Morgan fingerprint density at radius 2 is 1.73 bits per heavy atom. The first-order valence-electron chi connectivity index (χ1n) is 6.51. The van der Waals surface area contributed by atoms with Crippen molar-refractivity contribution in [3.05, 3.63) is 59.2 Å². The van der Waals surface area contributed by atoms with E-state index in [1.54, 1.807) is 0 Å². The number of rotatable bonds is 3. The van der Waals surface area contributed by atoms with Crippen LogP contribution in [0, 0.1) is 11.6 Å². The standard InChI is InChI=1S/C15H11F5N2/c16-9-2-4-12(11(17)6-9)22-13-5-8(15(18,19)20)1-3-10(13)14-7-21-14/h1-6,14,21-22H,7H2. The van der Waals surface area contributed by atoms with Crippen molar-refractivity contribution in [2.45, 2.75) is 12.2 Å². The Morgan fingerprint density at radius 1 is 1.00 bits per heavy atom. The summed E-state index contributed by atoms with van der Waals surface area (Å²) in [6.07, 6.45) is -4.49. The van der Waals surface area contributed by atoms with Crippen LogP contribution in [0.15, 0.2) is 36.4 Å². The molecule has 0 amide bonds. The van der Waals surface area contributed by atoms with E-state index in [0.717, 1.165) is 24.3 Å². The van der Waals surface area contributed by atoms with Crippen molar-refractivity contribution in [1.82, 2.24) is 5.32 Å². The number of hydrogen-bond acceptors (Lipinski definition) is 2. The molecule has 2 nitrogen and oxygen atoms in total. The first kappa shape index (κ1) is 14.8. The predicted octanol–water partition coefficient (Wildman–Crippen LogP) is 4.37. The fourth-order valence-electron chi connectivity index (χ4n) is 2.16. The van der Waals surface area contributed by atoms with Gasteiger partial charge in [-0.05, 0) is 29.8 Å². The number of benzene rings is 2. The normalized spacial score (nSPS) is 17.4. The second-order valence-electron chi connectivity index (χ2n) is 5.01. The molecule has 1 saturated heterocycles. The fraction of sp³-hybridized carbons (Fsp3) is 0.200. The summed E-state index contributed by atoms with van der Waals surface area (Å²) in [7, 11) is 0. The van der Waals surface area contributed by atoms with Crippen LogP contribution in [0.5, 0.6) is 0 Å². The molecule has 2 aromatic carbocycles. The molecule has 3 rings (SSSR count). The van der Waals surface area contributed by atoms with E-state index in [2.05, 4.69) is 10.6 Å². The first-order chi connectivity index (χ1) is 10.3. The predicted molar refractivity (Wildman–Crippen MR) is 71.8 cm³/mol. The smallest absolute Gasteiger partial charge is 0.353 e. The summed E-state index contributed by atoms with van der Waals surface area (Å²) in [5.74, 6) is -1.62. The van der Waals surface area contributed by atoms with E-state index in [1.807, 2.05) is 0 Å². The quantitative estimate of drug-likeness (QED) is 0.651. The molecule has 1 aliphatic rings. The molecule has 1 fully saturated rings. The van der Waals surface area contributed by atoms with Crippen LogP contribution in [0.1, 0.15) is 17.2 Å². The molecule has 1 unspecified atom stereocenters. The monoisotopic (exact) mass is 314 g/mol. The van der Waals surface area contributed by atoms with Crippen molar-refractivity contribution in [3.63, 3.8) is 0 Å². The van der Waals surface area contributed by atoms with E-state index < -0.39 is 23.4 Å². The van der Waals surface area contributed by atoms with Crippen LogP contribution in [0.3, 0.4) is 0 Å². The number of alkyl halides is 3. The molecule has 0 radical (unpaired) electrons. The van der Waals surface area contributed by atoms with E-state index in [1.165, 1.54) is 6.07 Å². The van der Waals surface area contributed by atoms with Crippen LogP contribution < -0.4 is 10.6 Å². The third-order valence-corrected chi connectivity index (χ3v) is 3.36. The molecule has 1 aliphatic heterocycles. The zero-order valence-corrected chi connectivity index (χ0v) is 11.1. The molecule has 2 aromatic rings. The van der Waals surface area contributed by atoms with Gasteiger partial charge in [-0.2, -0.15) is 13.2 Å². The highest BCUT2D eigenvalue weighted by Gasteiger charge is 2.33. The van der Waals surface area contributed by atoms with Crippen LogP contribution in [0.25, 0.3) is 0 Å². The minimum atomic E-state index is -4.49. The SMILES string of the molecule is Fc1ccc(Nc2cc(C(F)(F)F)ccc2C2CN2)c(F)c1. The van der Waals surface area contributed by atoms with Gasteiger partial charge in [0.2, 0.25) is 0 Å². The summed E-state index contributed by atoms with van der Waals surface area (Å²) in [5.41, 5.74) is -0.156. The number of hydrogen-bond donors (Lipinski definition) is 2. The van der Waals surface area contributed by atoms with Gasteiger partial charge in [0.05, 0.1) is 11.3 Å². The Kier molecular flexibility index (Phi) is 3.52. The summed E-state index contributed by atoms with van der Waals surface area (Å²) in [5, 5.41) is 5.60. The van der Waals surface area contributed by atoms with E-state index in [9.17, 15) is 22.0 Å². The maximum Gasteiger partial charge on any atom is 0.416 e. The van der Waals surface area contributed by atoms with Gasteiger partial charge in [-0.1, -0.05) is 6.07 Å². The maximum absolute atomic E-state index is 13.7. The van der Waals surface area contributed by atoms with Gasteiger partial charge in [0, 0.05) is 24.3 Å². The van der Waals surface area contributed by atoms with Crippen molar-refractivity contribution in [2.75, 3.05) is 11.9 Å². The Morgan fingerprint density at radius 3 is 2.32 bits per heavy atom. The van der Waals surface area contributed by atoms with E-state index in [0.29, 0.717) is 18.2 Å². The molecule has 0 spiro atoms. The van der Waals surface area contributed by atoms with Gasteiger partial charge < -0.3 is 10.6 Å². The summed E-state index contributed by atoms with van der Waals surface area (Å²) in [6.45, 7) is 0.645. The van der Waals surface area contributed by atoms with Gasteiger partial charge in [0.25, 0.3) is 0 Å². The molecule has 116 valence electrons. The van der Waals surface area contributed by atoms with E-state index in [-0.39, 0.29) is 17.4 Å². The van der Waals surface area contributed by atoms with Crippen molar-refractivity contribution < 1.29 is 22.0 Å². The molecule has 0 saturated carbocycles. The van der Waals surface area contributed by atoms with Crippen molar-refractivity contribution in [1.29, 1.82) is 0 Å². The molecule has 1 atom stereocenters. The molecule has 2 N–H and O–H groups in total. The lowest BCUT2D eigenvalue weighted by Gasteiger charge is -2.15. The van der Waals surface area contributed by atoms with Crippen molar-refractivity contribution in [2.24, 2.45) is 0 Å². The van der Waals surface area contributed by atoms with Crippen LogP contribution in [0.4, 0.5) is 33.3 Å². The van der Waals surface area contributed by atoms with Gasteiger partial charge >= 0.3 is 6.18 Å². The van der Waals surface area contributed by atoms with Gasteiger partial charge in [-0.3, -0.25) is 0 Å². The van der Waals surface area contributed by atoms with E-state index >= 15 is 0 Å². The molecular formula is C15H11F5N2. The third kappa shape index (κ3) is 3.04. The average Bonchev–Trinajstić information content (AvgIpc) is 3.25. The first-order valence-corrected chi connectivity index (χ1v) is 6.51. The van der Waals surface area contributed by atoms with Gasteiger partial charge in [-0.15, -0.1) is 0 Å². The van der Waals surface area contributed by atoms with Crippen molar-refractivity contribution >= 4 is 11.4 Å². The van der Waals surface area contributed by atoms with E-state index in [4.69, 9.17) is 0 Å². The molecule has 1 heterocycles. The van der Waals surface area contributed by atoms with Crippen molar-refractivity contribution in [3.8, 4) is 0 Å². The van der Waals surface area contributed by atoms with Gasteiger partial charge in [-0.25, -0.2) is 8.78 Å². The molecular weight excluding hydrogens is 303 g/mol. The lowest BCUT2D eigenvalue weighted by Crippen LogP contribution is -2.07. The minimum absolute atomic E-state index is 0.0618. The topological polar surface area (TPSA) is 34.0 Å². The largest absolute Gasteiger partial charge is 0.416 e. The second kappa shape index (κ2) is 5.24. The average molecular weight is 314 g/mol. The fourth-order valence-corrected chi connectivity index (χ4v) is 2.16. The molecule has 0 aliphatic carbocycles. The number of nitrogens with one attached hydrogen (secondary N) is 2. The molecule has 22 heavy (non-hydrogen) atoms. The van der Waals surface area contributed by atoms with Gasteiger partial charge in [0.1, 0.15) is 11.6 Å². The highest BCUT2D eigenvalue weighted by Crippen LogP contribution is 2.37. The Labute approximate surface area is 123 Å². The number of halogens is 5. The minimum Gasteiger partial charge on any atom is -0.353 e. The summed E-state index contributed by atoms with van der Waals surface area (Å²) in [6, 6.07) is 6.07. The Bertz CT molecular complexity index is 708. The van der Waals surface area contributed by atoms with Crippen LogP contribution in [0.2, 0.25) is 0 Å². The Hall–Kier alpha value is -2.15. The summed E-state index contributed by atoms with van der Waals surface area (Å²) >= 11 is 0. The highest BCUT2D eigenvalue weighted by atomic mass is 19.4. The third-order valence-electron chi connectivity index (χ3n) is 3.36. The summed E-state index contributed by atoms with van der Waals surface area (Å²) in [4.78, 5) is 0. The molecule has 0 bridgehead atoms. The Balaban J connectivity index is 2.00. The summed E-state index contributed by atoms with van der Waals surface area (Å²) < 4.78 is 65.0. The van der Waals surface area contributed by atoms with Crippen LogP contribution in [-0.2, 0) is 6.18 Å². The lowest BCUT2D eigenvalue weighted by atomic mass is 10.1. The van der Waals surface area contributed by atoms with Crippen LogP contribution >= 0.6 is 0 Å². The molecule has 7 heteroatoms. The maximum atomic E-state index is 13.7. The lowest BCUT2D eigenvalue weighted by molar-refractivity contribution is -0.137.